The van der Waals surface area contributed by atoms with Gasteiger partial charge in [-0.15, -0.1) is 0 Å². The Morgan fingerprint density at radius 1 is 1.26 bits per heavy atom. The number of nitrogens with one attached hydrogen (secondary N) is 1. The van der Waals surface area contributed by atoms with Gasteiger partial charge < -0.3 is 19.2 Å². The Labute approximate surface area is 170 Å². The lowest BCUT2D eigenvalue weighted by molar-refractivity contribution is 0.309. The molecular weight excluding hydrogens is 457 g/mol. The molecule has 0 bridgehead atoms. The molecule has 0 amide bonds. The van der Waals surface area contributed by atoms with Crippen LogP contribution in [0.15, 0.2) is 30.3 Å². The number of imidazole rings is 1. The molecule has 0 radical (unpaired) electrons. The third-order valence-electron chi connectivity index (χ3n) is 3.91. The van der Waals surface area contributed by atoms with Gasteiger partial charge in [0.1, 0.15) is 17.6 Å². The molecule has 0 spiro atoms. The van der Waals surface area contributed by atoms with E-state index in [4.69, 9.17) is 14.2 Å². The normalized spacial score (nSPS) is 11.3. The number of aromatic nitrogens is 2. The second-order valence-corrected chi connectivity index (χ2v) is 6.77. The SMILES string of the molecule is CCOc1cc(/C=C(\C#N)c2nc3ccc(OC)cc3[nH]2)cc(I)c1OC. The second-order valence-electron chi connectivity index (χ2n) is 5.61. The summed E-state index contributed by atoms with van der Waals surface area (Å²) < 4.78 is 17.2. The zero-order valence-corrected chi connectivity index (χ0v) is 17.3. The Balaban J connectivity index is 2.05. The first-order valence-corrected chi connectivity index (χ1v) is 9.33. The molecule has 3 aromatic rings. The van der Waals surface area contributed by atoms with E-state index < -0.39 is 0 Å². The largest absolute Gasteiger partial charge is 0.497 e. The number of nitriles is 1. The molecule has 2 aromatic carbocycles. The summed E-state index contributed by atoms with van der Waals surface area (Å²) in [6, 6.07) is 11.5. The molecule has 0 aliphatic heterocycles. The highest BCUT2D eigenvalue weighted by Crippen LogP contribution is 2.35. The minimum Gasteiger partial charge on any atom is -0.497 e. The van der Waals surface area contributed by atoms with Crippen molar-refractivity contribution >= 4 is 45.3 Å². The number of nitrogens with zero attached hydrogens (tertiary/aromatic N) is 2. The number of H-pyrrole nitrogens is 1. The summed E-state index contributed by atoms with van der Waals surface area (Å²) in [6.45, 7) is 2.44. The first-order valence-electron chi connectivity index (χ1n) is 8.25. The highest BCUT2D eigenvalue weighted by Gasteiger charge is 2.13. The Bertz CT molecular complexity index is 1050. The summed E-state index contributed by atoms with van der Waals surface area (Å²) >= 11 is 2.19. The fourth-order valence-corrected chi connectivity index (χ4v) is 3.54. The number of benzene rings is 2. The third kappa shape index (κ3) is 4.01. The molecule has 138 valence electrons. The van der Waals surface area contributed by atoms with E-state index in [0.29, 0.717) is 29.5 Å². The zero-order valence-electron chi connectivity index (χ0n) is 15.2. The van der Waals surface area contributed by atoms with Crippen LogP contribution in [0.1, 0.15) is 18.3 Å². The van der Waals surface area contributed by atoms with Crippen molar-refractivity contribution in [3.63, 3.8) is 0 Å². The van der Waals surface area contributed by atoms with Crippen LogP contribution in [0.2, 0.25) is 0 Å². The summed E-state index contributed by atoms with van der Waals surface area (Å²) in [4.78, 5) is 7.69. The highest BCUT2D eigenvalue weighted by molar-refractivity contribution is 14.1. The molecule has 0 saturated carbocycles. The van der Waals surface area contributed by atoms with E-state index in [0.717, 1.165) is 25.9 Å². The first kappa shape index (κ1) is 19.0. The smallest absolute Gasteiger partial charge is 0.174 e. The first-order chi connectivity index (χ1) is 13.1. The number of halogens is 1. The van der Waals surface area contributed by atoms with Crippen molar-refractivity contribution in [2.75, 3.05) is 20.8 Å². The van der Waals surface area contributed by atoms with Crippen LogP contribution in [-0.2, 0) is 0 Å². The lowest BCUT2D eigenvalue weighted by Crippen LogP contribution is -1.98. The molecule has 3 rings (SSSR count). The standard InChI is InChI=1S/C20H18IN3O3/c1-4-27-18-9-12(8-15(21)19(18)26-3)7-13(11-22)20-23-16-6-5-14(25-2)10-17(16)24-20/h5-10H,4H2,1-3H3,(H,23,24)/b13-7+. The quantitative estimate of drug-likeness (QED) is 0.415. The molecular formula is C20H18IN3O3. The molecule has 6 nitrogen and oxygen atoms in total. The van der Waals surface area contributed by atoms with Gasteiger partial charge in [-0.2, -0.15) is 5.26 Å². The van der Waals surface area contributed by atoms with Crippen LogP contribution in [0.3, 0.4) is 0 Å². The minimum absolute atomic E-state index is 0.425. The van der Waals surface area contributed by atoms with Crippen molar-refractivity contribution in [3.8, 4) is 23.3 Å². The molecule has 1 aromatic heterocycles. The average molecular weight is 475 g/mol. The number of aromatic amines is 1. The number of fused-ring (bicyclic) bond motifs is 1. The summed E-state index contributed by atoms with van der Waals surface area (Å²) in [5, 5.41) is 9.65. The number of hydrogen-bond donors (Lipinski definition) is 1. The van der Waals surface area contributed by atoms with E-state index in [2.05, 4.69) is 38.6 Å². The highest BCUT2D eigenvalue weighted by atomic mass is 127. The molecule has 0 aliphatic carbocycles. The average Bonchev–Trinajstić information content (AvgIpc) is 3.09. The van der Waals surface area contributed by atoms with Gasteiger partial charge in [-0.3, -0.25) is 0 Å². The number of allylic oxidation sites excluding steroid dienone is 1. The number of methoxy groups -OCH3 is 2. The van der Waals surface area contributed by atoms with Crippen molar-refractivity contribution < 1.29 is 14.2 Å². The summed E-state index contributed by atoms with van der Waals surface area (Å²) in [5.74, 6) is 2.56. The van der Waals surface area contributed by atoms with Gasteiger partial charge in [0, 0.05) is 6.07 Å². The van der Waals surface area contributed by atoms with Crippen LogP contribution in [0.4, 0.5) is 0 Å². The summed E-state index contributed by atoms with van der Waals surface area (Å²) in [5.41, 5.74) is 2.84. The van der Waals surface area contributed by atoms with Crippen LogP contribution in [-0.4, -0.2) is 30.8 Å². The van der Waals surface area contributed by atoms with E-state index in [-0.39, 0.29) is 0 Å². The predicted molar refractivity (Wildman–Crippen MR) is 113 cm³/mol. The predicted octanol–water partition coefficient (Wildman–Crippen LogP) is 4.65. The zero-order chi connectivity index (χ0) is 19.4. The molecule has 0 fully saturated rings. The number of hydrogen-bond acceptors (Lipinski definition) is 5. The third-order valence-corrected chi connectivity index (χ3v) is 4.71. The maximum absolute atomic E-state index is 9.65. The van der Waals surface area contributed by atoms with Crippen molar-refractivity contribution in [1.82, 2.24) is 9.97 Å². The van der Waals surface area contributed by atoms with Gasteiger partial charge >= 0.3 is 0 Å². The van der Waals surface area contributed by atoms with Gasteiger partial charge in [-0.05, 0) is 65.4 Å². The van der Waals surface area contributed by atoms with Gasteiger partial charge in [0.25, 0.3) is 0 Å². The maximum atomic E-state index is 9.65. The lowest BCUT2D eigenvalue weighted by atomic mass is 10.1. The van der Waals surface area contributed by atoms with E-state index in [1.165, 1.54) is 0 Å². The Morgan fingerprint density at radius 2 is 2.07 bits per heavy atom. The number of rotatable bonds is 6. The van der Waals surface area contributed by atoms with Gasteiger partial charge in [0.15, 0.2) is 11.5 Å². The fraction of sp³-hybridized carbons (Fsp3) is 0.200. The summed E-state index contributed by atoms with van der Waals surface area (Å²) in [6.07, 6.45) is 1.78. The molecule has 0 atom stereocenters. The van der Waals surface area contributed by atoms with Crippen molar-refractivity contribution in [2.45, 2.75) is 6.92 Å². The van der Waals surface area contributed by atoms with Gasteiger partial charge in [-0.25, -0.2) is 4.98 Å². The van der Waals surface area contributed by atoms with Gasteiger partial charge in [-0.1, -0.05) is 0 Å². The maximum Gasteiger partial charge on any atom is 0.174 e. The van der Waals surface area contributed by atoms with Crippen molar-refractivity contribution in [3.05, 3.63) is 45.3 Å². The van der Waals surface area contributed by atoms with E-state index in [1.54, 1.807) is 20.3 Å². The van der Waals surface area contributed by atoms with E-state index >= 15 is 0 Å². The molecule has 1 N–H and O–H groups in total. The van der Waals surface area contributed by atoms with Crippen LogP contribution in [0, 0.1) is 14.9 Å². The van der Waals surface area contributed by atoms with E-state index in [1.807, 2.05) is 37.3 Å². The van der Waals surface area contributed by atoms with Crippen LogP contribution in [0.5, 0.6) is 17.2 Å². The van der Waals surface area contributed by atoms with Crippen LogP contribution >= 0.6 is 22.6 Å². The second kappa shape index (κ2) is 8.31. The molecule has 7 heteroatoms. The van der Waals surface area contributed by atoms with Gasteiger partial charge in [0.05, 0.1) is 41.0 Å². The Morgan fingerprint density at radius 3 is 2.74 bits per heavy atom. The monoisotopic (exact) mass is 475 g/mol. The Hall–Kier alpha value is -2.73. The molecule has 0 aliphatic rings. The molecule has 1 heterocycles. The molecule has 0 unspecified atom stereocenters. The van der Waals surface area contributed by atoms with Crippen LogP contribution in [0.25, 0.3) is 22.7 Å². The minimum atomic E-state index is 0.425. The summed E-state index contributed by atoms with van der Waals surface area (Å²) in [7, 11) is 3.22. The molecule has 27 heavy (non-hydrogen) atoms. The number of ether oxygens (including phenoxy) is 3. The topological polar surface area (TPSA) is 80.2 Å². The van der Waals surface area contributed by atoms with Crippen LogP contribution < -0.4 is 14.2 Å². The van der Waals surface area contributed by atoms with Crippen molar-refractivity contribution in [1.29, 1.82) is 5.26 Å². The lowest BCUT2D eigenvalue weighted by Gasteiger charge is -2.12. The molecule has 0 saturated heterocycles. The van der Waals surface area contributed by atoms with Crippen molar-refractivity contribution in [2.24, 2.45) is 0 Å². The van der Waals surface area contributed by atoms with Gasteiger partial charge in [0.2, 0.25) is 0 Å². The Kier molecular flexibility index (Phi) is 5.86. The van der Waals surface area contributed by atoms with E-state index in [9.17, 15) is 5.26 Å². The fourth-order valence-electron chi connectivity index (χ4n) is 2.70.